The van der Waals surface area contributed by atoms with Crippen molar-refractivity contribution in [3.05, 3.63) is 80.6 Å². The molecule has 4 rings (SSSR count). The van der Waals surface area contributed by atoms with E-state index in [1.54, 1.807) is 18.3 Å². The van der Waals surface area contributed by atoms with E-state index in [1.165, 1.54) is 5.56 Å². The minimum atomic E-state index is -0.348. The Labute approximate surface area is 156 Å². The van der Waals surface area contributed by atoms with Gasteiger partial charge in [0.15, 0.2) is 0 Å². The van der Waals surface area contributed by atoms with E-state index >= 15 is 0 Å². The molecule has 5 heteroatoms. The molecule has 0 saturated heterocycles. The van der Waals surface area contributed by atoms with E-state index in [9.17, 15) is 9.59 Å². The molecular weight excluding hydrogens is 348 g/mol. The van der Waals surface area contributed by atoms with Crippen LogP contribution in [-0.2, 0) is 13.0 Å². The van der Waals surface area contributed by atoms with Gasteiger partial charge in [0.05, 0.1) is 11.6 Å². The Morgan fingerprint density at radius 1 is 1.19 bits per heavy atom. The summed E-state index contributed by atoms with van der Waals surface area (Å²) in [5.74, 6) is -0.348. The maximum Gasteiger partial charge on any atom is 0.257 e. The van der Waals surface area contributed by atoms with Crippen molar-refractivity contribution >= 4 is 28.4 Å². The van der Waals surface area contributed by atoms with Gasteiger partial charge in [-0.2, -0.15) is 0 Å². The highest BCUT2D eigenvalue weighted by Crippen LogP contribution is 2.23. The maximum absolute atomic E-state index is 12.9. The molecule has 1 aliphatic heterocycles. The van der Waals surface area contributed by atoms with Gasteiger partial charge in [0.1, 0.15) is 5.56 Å². The molecule has 0 radical (unpaired) electrons. The van der Waals surface area contributed by atoms with Crippen LogP contribution in [0.15, 0.2) is 53.5 Å². The fourth-order valence-electron chi connectivity index (χ4n) is 3.63. The molecular formula is C21H19ClN2O2. The van der Waals surface area contributed by atoms with E-state index in [1.807, 2.05) is 35.8 Å². The second-order valence-corrected chi connectivity index (χ2v) is 7.17. The van der Waals surface area contributed by atoms with E-state index < -0.39 is 0 Å². The zero-order chi connectivity index (χ0) is 18.3. The van der Waals surface area contributed by atoms with Gasteiger partial charge in [-0.15, -0.1) is 0 Å². The van der Waals surface area contributed by atoms with Crippen molar-refractivity contribution in [1.29, 1.82) is 0 Å². The molecule has 0 saturated carbocycles. The van der Waals surface area contributed by atoms with Gasteiger partial charge in [-0.25, -0.2) is 0 Å². The number of halogens is 1. The Balaban J connectivity index is 1.70. The van der Waals surface area contributed by atoms with Gasteiger partial charge in [0.2, 0.25) is 5.43 Å². The summed E-state index contributed by atoms with van der Waals surface area (Å²) in [4.78, 5) is 25.7. The van der Waals surface area contributed by atoms with Crippen LogP contribution >= 0.6 is 11.6 Å². The van der Waals surface area contributed by atoms with Gasteiger partial charge < -0.3 is 9.88 Å². The maximum atomic E-state index is 12.9. The molecule has 0 bridgehead atoms. The Hall–Kier alpha value is -2.59. The predicted molar refractivity (Wildman–Crippen MR) is 104 cm³/mol. The highest BCUT2D eigenvalue weighted by Gasteiger charge is 2.20. The topological polar surface area (TPSA) is 51.1 Å². The van der Waals surface area contributed by atoms with Crippen molar-refractivity contribution in [3.63, 3.8) is 0 Å². The van der Waals surface area contributed by atoms with Crippen molar-refractivity contribution in [2.75, 3.05) is 0 Å². The fourth-order valence-corrected chi connectivity index (χ4v) is 3.75. The quantitative estimate of drug-likeness (QED) is 0.759. The molecule has 1 atom stereocenters. The summed E-state index contributed by atoms with van der Waals surface area (Å²) in [5, 5.41) is 4.19. The molecule has 4 nitrogen and oxygen atoms in total. The SMILES string of the molecule is C[C@H](NC(=O)c1cn2c3c(cccc3c1=O)CCC2)c1ccc(Cl)cc1. The summed E-state index contributed by atoms with van der Waals surface area (Å²) in [6, 6.07) is 12.9. The molecule has 2 aromatic carbocycles. The molecule has 132 valence electrons. The lowest BCUT2D eigenvalue weighted by Crippen LogP contribution is -2.32. The van der Waals surface area contributed by atoms with Crippen molar-refractivity contribution in [2.24, 2.45) is 0 Å². The van der Waals surface area contributed by atoms with Gasteiger partial charge in [0.25, 0.3) is 5.91 Å². The summed E-state index contributed by atoms with van der Waals surface area (Å²) < 4.78 is 2.04. The minimum absolute atomic E-state index is 0.192. The number of amides is 1. The summed E-state index contributed by atoms with van der Waals surface area (Å²) in [6.07, 6.45) is 3.68. The highest BCUT2D eigenvalue weighted by atomic mass is 35.5. The van der Waals surface area contributed by atoms with Crippen LogP contribution in [-0.4, -0.2) is 10.5 Å². The number of aryl methyl sites for hydroxylation is 2. The number of rotatable bonds is 3. The van der Waals surface area contributed by atoms with E-state index in [4.69, 9.17) is 11.6 Å². The molecule has 0 spiro atoms. The number of carbonyl (C=O) groups is 1. The van der Waals surface area contributed by atoms with Crippen LogP contribution in [0, 0.1) is 0 Å². The molecule has 26 heavy (non-hydrogen) atoms. The molecule has 1 aromatic heterocycles. The van der Waals surface area contributed by atoms with Crippen molar-refractivity contribution in [3.8, 4) is 0 Å². The molecule has 2 heterocycles. The largest absolute Gasteiger partial charge is 0.346 e. The first-order valence-electron chi connectivity index (χ1n) is 8.76. The lowest BCUT2D eigenvalue weighted by Gasteiger charge is -2.21. The van der Waals surface area contributed by atoms with Crippen LogP contribution in [0.5, 0.6) is 0 Å². The van der Waals surface area contributed by atoms with Crippen LogP contribution < -0.4 is 10.7 Å². The monoisotopic (exact) mass is 366 g/mol. The third-order valence-electron chi connectivity index (χ3n) is 4.99. The first-order valence-corrected chi connectivity index (χ1v) is 9.14. The molecule has 1 aliphatic rings. The normalized spacial score (nSPS) is 14.2. The Bertz CT molecular complexity index is 1050. The standard InChI is InChI=1S/C21H19ClN2O2/c1-13(14-7-9-16(22)10-8-14)23-21(26)18-12-24-11-3-5-15-4-2-6-17(19(15)24)20(18)25/h2,4,6-10,12-13H,3,5,11H2,1H3,(H,23,26)/t13-/m0/s1. The van der Waals surface area contributed by atoms with Crippen molar-refractivity contribution < 1.29 is 4.79 Å². The molecule has 0 aliphatic carbocycles. The van der Waals surface area contributed by atoms with E-state index in [0.717, 1.165) is 30.5 Å². The van der Waals surface area contributed by atoms with Gasteiger partial charge in [-0.1, -0.05) is 35.9 Å². The molecule has 1 N–H and O–H groups in total. The van der Waals surface area contributed by atoms with Crippen LogP contribution in [0.3, 0.4) is 0 Å². The smallest absolute Gasteiger partial charge is 0.257 e. The fraction of sp³-hybridized carbons (Fsp3) is 0.238. The lowest BCUT2D eigenvalue weighted by molar-refractivity contribution is 0.0938. The summed E-state index contributed by atoms with van der Waals surface area (Å²) in [6.45, 7) is 2.71. The Morgan fingerprint density at radius 2 is 1.96 bits per heavy atom. The molecule has 3 aromatic rings. The zero-order valence-electron chi connectivity index (χ0n) is 14.5. The van der Waals surface area contributed by atoms with Crippen LogP contribution in [0.4, 0.5) is 0 Å². The Morgan fingerprint density at radius 3 is 2.73 bits per heavy atom. The van der Waals surface area contributed by atoms with Crippen molar-refractivity contribution in [1.82, 2.24) is 9.88 Å². The number of nitrogens with one attached hydrogen (secondary N) is 1. The Kier molecular flexibility index (Phi) is 4.29. The second-order valence-electron chi connectivity index (χ2n) is 6.73. The average Bonchev–Trinajstić information content (AvgIpc) is 2.65. The van der Waals surface area contributed by atoms with Crippen molar-refractivity contribution in [2.45, 2.75) is 32.4 Å². The van der Waals surface area contributed by atoms with Crippen LogP contribution in [0.2, 0.25) is 5.02 Å². The average molecular weight is 367 g/mol. The van der Waals surface area contributed by atoms with Gasteiger partial charge in [-0.3, -0.25) is 9.59 Å². The lowest BCUT2D eigenvalue weighted by atomic mass is 9.99. The predicted octanol–water partition coefficient (Wildman–Crippen LogP) is 4.09. The number of benzene rings is 2. The van der Waals surface area contributed by atoms with E-state index in [2.05, 4.69) is 11.4 Å². The van der Waals surface area contributed by atoms with Crippen LogP contribution in [0.1, 0.15) is 40.9 Å². The second kappa shape index (κ2) is 6.61. The third-order valence-corrected chi connectivity index (χ3v) is 5.24. The summed E-state index contributed by atoms with van der Waals surface area (Å²) in [7, 11) is 0. The summed E-state index contributed by atoms with van der Waals surface area (Å²) in [5.41, 5.74) is 3.06. The first-order chi connectivity index (χ1) is 12.5. The number of carbonyl (C=O) groups excluding carboxylic acids is 1. The number of aromatic nitrogens is 1. The van der Waals surface area contributed by atoms with Gasteiger partial charge in [0, 0.05) is 23.2 Å². The number of nitrogens with zero attached hydrogens (tertiary/aromatic N) is 1. The first kappa shape index (κ1) is 16.9. The number of hydrogen-bond acceptors (Lipinski definition) is 2. The molecule has 0 unspecified atom stereocenters. The molecule has 1 amide bonds. The van der Waals surface area contributed by atoms with E-state index in [-0.39, 0.29) is 22.9 Å². The third kappa shape index (κ3) is 2.90. The van der Waals surface area contributed by atoms with Gasteiger partial charge >= 0.3 is 0 Å². The number of pyridine rings is 1. The minimum Gasteiger partial charge on any atom is -0.346 e. The van der Waals surface area contributed by atoms with E-state index in [0.29, 0.717) is 10.4 Å². The number of hydrogen-bond donors (Lipinski definition) is 1. The zero-order valence-corrected chi connectivity index (χ0v) is 15.2. The van der Waals surface area contributed by atoms with Crippen LogP contribution in [0.25, 0.3) is 10.9 Å². The molecule has 0 fully saturated rings. The number of para-hydroxylation sites is 1. The summed E-state index contributed by atoms with van der Waals surface area (Å²) >= 11 is 5.91. The van der Waals surface area contributed by atoms with Gasteiger partial charge in [-0.05, 0) is 49.1 Å². The highest BCUT2D eigenvalue weighted by molar-refractivity contribution is 6.30.